The number of alkyl carbamates (subject to hydrolysis) is 1. The zero-order chi connectivity index (χ0) is 35.5. The van der Waals surface area contributed by atoms with Gasteiger partial charge >= 0.3 is 12.1 Å². The van der Waals surface area contributed by atoms with Crippen LogP contribution in [0.4, 0.5) is 4.79 Å². The van der Waals surface area contributed by atoms with Crippen LogP contribution in [-0.4, -0.2) is 75.9 Å². The Morgan fingerprint density at radius 1 is 0.857 bits per heavy atom. The Hall–Kier alpha value is -4.96. The average Bonchev–Trinajstić information content (AvgIpc) is 3.41. The van der Waals surface area contributed by atoms with Gasteiger partial charge < -0.3 is 20.3 Å². The highest BCUT2D eigenvalue weighted by Crippen LogP contribution is 2.44. The van der Waals surface area contributed by atoms with Crippen LogP contribution in [-0.2, 0) is 19.1 Å². The summed E-state index contributed by atoms with van der Waals surface area (Å²) in [5.74, 6) is -2.90. The molecule has 10 nitrogen and oxygen atoms in total. The van der Waals surface area contributed by atoms with Crippen LogP contribution < -0.4 is 5.32 Å². The zero-order valence-electron chi connectivity index (χ0n) is 28.6. The van der Waals surface area contributed by atoms with E-state index in [0.717, 1.165) is 37.8 Å². The Morgan fingerprint density at radius 3 is 2.00 bits per heavy atom. The fourth-order valence-corrected chi connectivity index (χ4v) is 5.98. The van der Waals surface area contributed by atoms with Gasteiger partial charge in [0.15, 0.2) is 6.04 Å². The molecule has 0 saturated heterocycles. The maximum Gasteiger partial charge on any atom is 0.407 e. The van der Waals surface area contributed by atoms with E-state index in [1.807, 2.05) is 107 Å². The molecular weight excluding hydrogens is 622 g/mol. The number of hydrogen-bond acceptors (Lipinski definition) is 6. The molecule has 10 heteroatoms. The number of aliphatic carboxylic acids is 1. The maximum atomic E-state index is 14.1. The molecule has 3 aromatic rings. The quantitative estimate of drug-likeness (QED) is 0.166. The first-order valence-electron chi connectivity index (χ1n) is 16.8. The predicted octanol–water partition coefficient (Wildman–Crippen LogP) is 6.11. The molecule has 0 fully saturated rings. The van der Waals surface area contributed by atoms with E-state index in [1.54, 1.807) is 12.2 Å². The summed E-state index contributed by atoms with van der Waals surface area (Å²) in [7, 11) is 0. The highest BCUT2D eigenvalue weighted by molar-refractivity contribution is 5.90. The Bertz CT molecular complexity index is 1580. The van der Waals surface area contributed by atoms with E-state index in [0.29, 0.717) is 6.42 Å². The summed E-state index contributed by atoms with van der Waals surface area (Å²) in [6.07, 6.45) is 2.91. The summed E-state index contributed by atoms with van der Waals surface area (Å²) in [6, 6.07) is 22.2. The van der Waals surface area contributed by atoms with E-state index in [1.165, 1.54) is 0 Å². The molecule has 1 aliphatic carbocycles. The molecular formula is C39H47N3O7. The van der Waals surface area contributed by atoms with Gasteiger partial charge in [0.2, 0.25) is 5.91 Å². The Morgan fingerprint density at radius 2 is 1.45 bits per heavy atom. The number of fused-ring (bicyclic) bond motifs is 3. The van der Waals surface area contributed by atoms with Gasteiger partial charge in [-0.15, -0.1) is 0 Å². The van der Waals surface area contributed by atoms with Gasteiger partial charge in [-0.25, -0.2) is 19.6 Å². The van der Waals surface area contributed by atoms with Gasteiger partial charge in [-0.3, -0.25) is 9.59 Å². The second-order valence-corrected chi connectivity index (χ2v) is 13.1. The number of carbonyl (C=O) groups is 4. The van der Waals surface area contributed by atoms with Gasteiger partial charge in [-0.2, -0.15) is 0 Å². The van der Waals surface area contributed by atoms with Crippen molar-refractivity contribution in [2.75, 3.05) is 19.8 Å². The van der Waals surface area contributed by atoms with Crippen LogP contribution in [0, 0.1) is 11.8 Å². The fourth-order valence-electron chi connectivity index (χ4n) is 5.98. The lowest BCUT2D eigenvalue weighted by Crippen LogP contribution is -2.62. The number of amides is 3. The van der Waals surface area contributed by atoms with Crippen molar-refractivity contribution in [1.82, 2.24) is 15.3 Å². The Balaban J connectivity index is 1.55. The third kappa shape index (κ3) is 9.57. The minimum Gasteiger partial charge on any atom is -0.480 e. The highest BCUT2D eigenvalue weighted by atomic mass is 16.5. The van der Waals surface area contributed by atoms with Crippen LogP contribution in [0.5, 0.6) is 0 Å². The number of nitrogens with one attached hydrogen (secondary N) is 1. The molecule has 260 valence electrons. The topological polar surface area (TPSA) is 136 Å². The molecule has 0 unspecified atom stereocenters. The molecule has 3 aromatic carbocycles. The summed E-state index contributed by atoms with van der Waals surface area (Å²) in [5, 5.41) is 25.3. The van der Waals surface area contributed by atoms with Gasteiger partial charge in [0.25, 0.3) is 5.91 Å². The number of aliphatic hydroxyl groups excluding tert-OH is 1. The molecule has 4 rings (SSSR count). The number of carboxylic acids is 1. The van der Waals surface area contributed by atoms with Crippen molar-refractivity contribution in [3.63, 3.8) is 0 Å². The molecule has 0 aromatic heterocycles. The smallest absolute Gasteiger partial charge is 0.407 e. The fraction of sp³-hybridized carbons (Fsp3) is 0.385. The lowest BCUT2D eigenvalue weighted by molar-refractivity contribution is -0.179. The summed E-state index contributed by atoms with van der Waals surface area (Å²) >= 11 is 0. The summed E-state index contributed by atoms with van der Waals surface area (Å²) in [6.45, 7) is 6.73. The molecule has 0 radical (unpaired) electrons. The standard InChI is InChI=1S/C39H47N3O7/c1-26(2)21-22-36(44)42(35(38(46)47)20-12-15-28-13-6-5-7-14-28)41(23-27(3)4)37(45)34(24-43)40-39(48)49-25-33-31-18-10-8-16-29(31)30-17-9-11-19-32(30)33/h5-19,26-27,33-35,43H,20-25H2,1-4H3,(H,40,48)(H,46,47)/t34-,35+/m1/s1. The minimum absolute atomic E-state index is 0.00341. The molecule has 0 spiro atoms. The van der Waals surface area contributed by atoms with Crippen LogP contribution >= 0.6 is 0 Å². The first kappa shape index (κ1) is 36.9. The predicted molar refractivity (Wildman–Crippen MR) is 188 cm³/mol. The summed E-state index contributed by atoms with van der Waals surface area (Å²) in [4.78, 5) is 53.8. The number of rotatable bonds is 15. The van der Waals surface area contributed by atoms with Gasteiger partial charge in [0.05, 0.1) is 6.61 Å². The molecule has 3 N–H and O–H groups in total. The highest BCUT2D eigenvalue weighted by Gasteiger charge is 2.39. The van der Waals surface area contributed by atoms with Gasteiger partial charge in [-0.05, 0) is 52.5 Å². The van der Waals surface area contributed by atoms with E-state index in [-0.39, 0.29) is 43.7 Å². The van der Waals surface area contributed by atoms with Crippen molar-refractivity contribution in [1.29, 1.82) is 0 Å². The second kappa shape index (κ2) is 17.4. The third-order valence-corrected chi connectivity index (χ3v) is 8.41. The van der Waals surface area contributed by atoms with Gasteiger partial charge in [0, 0.05) is 18.9 Å². The van der Waals surface area contributed by atoms with Crippen molar-refractivity contribution >= 4 is 30.0 Å². The number of ether oxygens (including phenoxy) is 1. The molecule has 1 aliphatic rings. The molecule has 0 saturated carbocycles. The summed E-state index contributed by atoms with van der Waals surface area (Å²) in [5.41, 5.74) is 5.02. The van der Waals surface area contributed by atoms with Crippen LogP contribution in [0.3, 0.4) is 0 Å². The lowest BCUT2D eigenvalue weighted by Gasteiger charge is -2.40. The first-order valence-corrected chi connectivity index (χ1v) is 16.8. The number of carboxylic acid groups (broad SMARTS) is 1. The van der Waals surface area contributed by atoms with Crippen LogP contribution in [0.25, 0.3) is 17.2 Å². The largest absolute Gasteiger partial charge is 0.480 e. The number of nitrogens with zero attached hydrogens (tertiary/aromatic N) is 2. The zero-order valence-corrected chi connectivity index (χ0v) is 28.6. The number of hydrogen-bond donors (Lipinski definition) is 3. The van der Waals surface area contributed by atoms with Gasteiger partial charge in [0.1, 0.15) is 12.6 Å². The van der Waals surface area contributed by atoms with Crippen molar-refractivity contribution in [3.05, 3.63) is 102 Å². The van der Waals surface area contributed by atoms with E-state index < -0.39 is 42.6 Å². The van der Waals surface area contributed by atoms with Crippen LogP contribution in [0.1, 0.15) is 69.6 Å². The molecule has 2 atom stereocenters. The van der Waals surface area contributed by atoms with E-state index in [4.69, 9.17) is 4.74 Å². The first-order chi connectivity index (χ1) is 23.5. The van der Waals surface area contributed by atoms with E-state index in [2.05, 4.69) is 5.32 Å². The molecule has 49 heavy (non-hydrogen) atoms. The normalized spacial score (nSPS) is 13.5. The third-order valence-electron chi connectivity index (χ3n) is 8.41. The lowest BCUT2D eigenvalue weighted by atomic mass is 9.98. The maximum absolute atomic E-state index is 14.1. The SMILES string of the molecule is CC(C)CCC(=O)N([C@@H](CC=Cc1ccccc1)C(=O)O)N(CC(C)C)C(=O)[C@@H](CO)NC(=O)OCC1c2ccccc2-c2ccccc21. The summed E-state index contributed by atoms with van der Waals surface area (Å²) < 4.78 is 5.62. The van der Waals surface area contributed by atoms with Crippen molar-refractivity contribution in [2.45, 2.75) is 65.0 Å². The second-order valence-electron chi connectivity index (χ2n) is 13.1. The number of aliphatic hydroxyl groups is 1. The van der Waals surface area contributed by atoms with Crippen LogP contribution in [0.15, 0.2) is 84.9 Å². The average molecular weight is 670 g/mol. The minimum atomic E-state index is -1.50. The molecule has 0 bridgehead atoms. The Labute approximate surface area is 288 Å². The number of benzene rings is 3. The van der Waals surface area contributed by atoms with Crippen LogP contribution in [0.2, 0.25) is 0 Å². The molecule has 3 amide bonds. The van der Waals surface area contributed by atoms with E-state index >= 15 is 0 Å². The van der Waals surface area contributed by atoms with Crippen molar-refractivity contribution in [3.8, 4) is 11.1 Å². The monoisotopic (exact) mass is 669 g/mol. The van der Waals surface area contributed by atoms with Gasteiger partial charge in [-0.1, -0.05) is 119 Å². The van der Waals surface area contributed by atoms with E-state index in [9.17, 15) is 29.4 Å². The Kier molecular flexibility index (Phi) is 13.1. The van der Waals surface area contributed by atoms with Crippen molar-refractivity contribution < 1.29 is 34.1 Å². The number of carbonyl (C=O) groups excluding carboxylic acids is 3. The molecule has 0 aliphatic heterocycles. The van der Waals surface area contributed by atoms with Crippen molar-refractivity contribution in [2.24, 2.45) is 11.8 Å². The molecule has 0 heterocycles. The number of hydrazine groups is 1.